The van der Waals surface area contributed by atoms with E-state index in [9.17, 15) is 4.79 Å². The molecule has 5 rings (SSSR count). The molecule has 2 aromatic heterocycles. The first-order valence-corrected chi connectivity index (χ1v) is 8.65. The molecule has 5 nitrogen and oxygen atoms in total. The van der Waals surface area contributed by atoms with Crippen LogP contribution in [0.1, 0.15) is 40.6 Å². The van der Waals surface area contributed by atoms with Crippen LogP contribution in [-0.2, 0) is 6.42 Å². The number of amides is 1. The lowest BCUT2D eigenvalue weighted by Gasteiger charge is -2.23. The van der Waals surface area contributed by atoms with Gasteiger partial charge < -0.3 is 10.3 Å². The van der Waals surface area contributed by atoms with E-state index in [0.717, 1.165) is 41.4 Å². The SMILES string of the molecule is O=C(NC1CCCc2c1[nH]c1ccccc21)c1n[nH]c2ccccc12. The van der Waals surface area contributed by atoms with Gasteiger partial charge in [-0.3, -0.25) is 9.89 Å². The minimum atomic E-state index is -0.131. The number of rotatable bonds is 2. The molecule has 1 atom stereocenters. The lowest BCUT2D eigenvalue weighted by atomic mass is 9.91. The van der Waals surface area contributed by atoms with Crippen LogP contribution in [0.5, 0.6) is 0 Å². The van der Waals surface area contributed by atoms with Crippen molar-refractivity contribution in [1.29, 1.82) is 0 Å². The molecule has 1 aliphatic rings. The first-order chi connectivity index (χ1) is 12.3. The highest BCUT2D eigenvalue weighted by molar-refractivity contribution is 6.04. The van der Waals surface area contributed by atoms with Crippen LogP contribution in [0.15, 0.2) is 48.5 Å². The molecule has 0 fully saturated rings. The molecule has 2 heterocycles. The first-order valence-electron chi connectivity index (χ1n) is 8.65. The number of hydrogen-bond acceptors (Lipinski definition) is 2. The summed E-state index contributed by atoms with van der Waals surface area (Å²) in [6.45, 7) is 0. The van der Waals surface area contributed by atoms with E-state index in [-0.39, 0.29) is 11.9 Å². The number of aromatic nitrogens is 3. The maximum atomic E-state index is 12.8. The molecular weight excluding hydrogens is 312 g/mol. The number of aromatic amines is 2. The number of carbonyl (C=O) groups is 1. The van der Waals surface area contributed by atoms with Crippen molar-refractivity contribution in [2.24, 2.45) is 0 Å². The zero-order valence-corrected chi connectivity index (χ0v) is 13.7. The molecule has 5 heteroatoms. The van der Waals surface area contributed by atoms with Crippen molar-refractivity contribution < 1.29 is 4.79 Å². The zero-order valence-electron chi connectivity index (χ0n) is 13.7. The largest absolute Gasteiger partial charge is 0.356 e. The molecule has 0 saturated carbocycles. The van der Waals surface area contributed by atoms with Crippen LogP contribution >= 0.6 is 0 Å². The summed E-state index contributed by atoms with van der Waals surface area (Å²) in [5.74, 6) is -0.131. The molecule has 0 radical (unpaired) electrons. The number of H-pyrrole nitrogens is 2. The van der Waals surface area contributed by atoms with Crippen molar-refractivity contribution in [2.45, 2.75) is 25.3 Å². The van der Waals surface area contributed by atoms with Gasteiger partial charge in [0.1, 0.15) is 0 Å². The van der Waals surface area contributed by atoms with Crippen molar-refractivity contribution in [3.8, 4) is 0 Å². The zero-order chi connectivity index (χ0) is 16.8. The molecule has 0 bridgehead atoms. The minimum Gasteiger partial charge on any atom is -0.356 e. The summed E-state index contributed by atoms with van der Waals surface area (Å²) in [5, 5.41) is 12.4. The van der Waals surface area contributed by atoms with Gasteiger partial charge in [0.2, 0.25) is 0 Å². The molecule has 0 aliphatic heterocycles. The highest BCUT2D eigenvalue weighted by atomic mass is 16.2. The Bertz CT molecular complexity index is 1090. The third-order valence-electron chi connectivity index (χ3n) is 5.11. The topological polar surface area (TPSA) is 73.6 Å². The van der Waals surface area contributed by atoms with Crippen LogP contribution in [0.2, 0.25) is 0 Å². The predicted molar refractivity (Wildman–Crippen MR) is 97.5 cm³/mol. The number of aryl methyl sites for hydroxylation is 1. The van der Waals surface area contributed by atoms with Gasteiger partial charge in [0.05, 0.1) is 11.6 Å². The normalized spacial score (nSPS) is 16.9. The first kappa shape index (κ1) is 14.3. The molecule has 1 unspecified atom stereocenters. The summed E-state index contributed by atoms with van der Waals surface area (Å²) in [4.78, 5) is 16.3. The Kier molecular flexibility index (Phi) is 3.13. The van der Waals surface area contributed by atoms with Crippen LogP contribution in [0.4, 0.5) is 0 Å². The van der Waals surface area contributed by atoms with E-state index in [4.69, 9.17) is 0 Å². The maximum absolute atomic E-state index is 12.8. The second-order valence-corrected chi connectivity index (χ2v) is 6.60. The number of nitrogens with zero attached hydrogens (tertiary/aromatic N) is 1. The number of hydrogen-bond donors (Lipinski definition) is 3. The van der Waals surface area contributed by atoms with Gasteiger partial charge in [-0.05, 0) is 37.0 Å². The van der Waals surface area contributed by atoms with Crippen molar-refractivity contribution in [2.75, 3.05) is 0 Å². The molecule has 25 heavy (non-hydrogen) atoms. The van der Waals surface area contributed by atoms with Crippen molar-refractivity contribution in [3.05, 3.63) is 65.5 Å². The Morgan fingerprint density at radius 3 is 2.68 bits per heavy atom. The molecule has 124 valence electrons. The maximum Gasteiger partial charge on any atom is 0.272 e. The van der Waals surface area contributed by atoms with E-state index in [1.165, 1.54) is 10.9 Å². The Morgan fingerprint density at radius 2 is 1.80 bits per heavy atom. The molecule has 0 spiro atoms. The lowest BCUT2D eigenvalue weighted by Crippen LogP contribution is -2.31. The van der Waals surface area contributed by atoms with E-state index in [1.807, 2.05) is 30.3 Å². The predicted octanol–water partition coefficient (Wildman–Crippen LogP) is 3.85. The summed E-state index contributed by atoms with van der Waals surface area (Å²) >= 11 is 0. The fourth-order valence-corrected chi connectivity index (χ4v) is 3.92. The third-order valence-corrected chi connectivity index (χ3v) is 5.11. The monoisotopic (exact) mass is 330 g/mol. The Balaban J connectivity index is 1.50. The Labute approximate surface area is 144 Å². The van der Waals surface area contributed by atoms with Crippen LogP contribution < -0.4 is 5.32 Å². The van der Waals surface area contributed by atoms with E-state index >= 15 is 0 Å². The fourth-order valence-electron chi connectivity index (χ4n) is 3.92. The second-order valence-electron chi connectivity index (χ2n) is 6.60. The summed E-state index contributed by atoms with van der Waals surface area (Å²) in [5.41, 5.74) is 4.94. The van der Waals surface area contributed by atoms with Crippen LogP contribution in [0, 0.1) is 0 Å². The second kappa shape index (κ2) is 5.48. The molecular formula is C20H18N4O. The van der Waals surface area contributed by atoms with E-state index in [2.05, 4.69) is 38.7 Å². The molecule has 3 N–H and O–H groups in total. The van der Waals surface area contributed by atoms with Gasteiger partial charge in [0, 0.05) is 22.0 Å². The summed E-state index contributed by atoms with van der Waals surface area (Å²) in [7, 11) is 0. The molecule has 2 aromatic carbocycles. The average Bonchev–Trinajstić information content (AvgIpc) is 3.24. The smallest absolute Gasteiger partial charge is 0.272 e. The van der Waals surface area contributed by atoms with Crippen molar-refractivity contribution >= 4 is 27.7 Å². The Morgan fingerprint density at radius 1 is 1.04 bits per heavy atom. The van der Waals surface area contributed by atoms with E-state index < -0.39 is 0 Å². The van der Waals surface area contributed by atoms with Gasteiger partial charge in [-0.2, -0.15) is 5.10 Å². The fraction of sp³-hybridized carbons (Fsp3) is 0.200. The van der Waals surface area contributed by atoms with Gasteiger partial charge in [0.15, 0.2) is 5.69 Å². The molecule has 1 amide bonds. The number of benzene rings is 2. The summed E-state index contributed by atoms with van der Waals surface area (Å²) in [6.07, 6.45) is 3.06. The van der Waals surface area contributed by atoms with Gasteiger partial charge >= 0.3 is 0 Å². The third kappa shape index (κ3) is 2.23. The van der Waals surface area contributed by atoms with E-state index in [0.29, 0.717) is 5.69 Å². The van der Waals surface area contributed by atoms with Gasteiger partial charge in [-0.1, -0.05) is 36.4 Å². The summed E-state index contributed by atoms with van der Waals surface area (Å²) < 4.78 is 0. The summed E-state index contributed by atoms with van der Waals surface area (Å²) in [6, 6.07) is 16.0. The van der Waals surface area contributed by atoms with Crippen molar-refractivity contribution in [1.82, 2.24) is 20.5 Å². The quantitative estimate of drug-likeness (QED) is 0.522. The van der Waals surface area contributed by atoms with E-state index in [1.54, 1.807) is 0 Å². The van der Waals surface area contributed by atoms with Gasteiger partial charge in [0.25, 0.3) is 5.91 Å². The molecule has 1 aliphatic carbocycles. The van der Waals surface area contributed by atoms with Gasteiger partial charge in [-0.25, -0.2) is 0 Å². The Hall–Kier alpha value is -3.08. The van der Waals surface area contributed by atoms with Crippen LogP contribution in [0.3, 0.4) is 0 Å². The van der Waals surface area contributed by atoms with Crippen molar-refractivity contribution in [3.63, 3.8) is 0 Å². The number of carbonyl (C=O) groups excluding carboxylic acids is 1. The van der Waals surface area contributed by atoms with Crippen LogP contribution in [-0.4, -0.2) is 21.1 Å². The minimum absolute atomic E-state index is 0.000822. The highest BCUT2D eigenvalue weighted by Crippen LogP contribution is 2.34. The average molecular weight is 330 g/mol. The molecule has 0 saturated heterocycles. The molecule has 4 aromatic rings. The van der Waals surface area contributed by atoms with Gasteiger partial charge in [-0.15, -0.1) is 0 Å². The van der Waals surface area contributed by atoms with Crippen LogP contribution in [0.25, 0.3) is 21.8 Å². The number of nitrogens with one attached hydrogen (secondary N) is 3. The standard InChI is InChI=1S/C20H18N4O/c25-20(19-14-7-2-4-10-16(14)23-24-19)22-17-11-5-8-13-12-6-1-3-9-15(12)21-18(13)17/h1-4,6-7,9-10,17,21H,5,8,11H2,(H,22,25)(H,23,24). The lowest BCUT2D eigenvalue weighted by molar-refractivity contribution is 0.0928. The number of para-hydroxylation sites is 2. The number of fused-ring (bicyclic) bond motifs is 4. The highest BCUT2D eigenvalue weighted by Gasteiger charge is 2.26.